The van der Waals surface area contributed by atoms with Crippen molar-refractivity contribution in [1.82, 2.24) is 10.2 Å². The van der Waals surface area contributed by atoms with Gasteiger partial charge in [0.1, 0.15) is 24.0 Å². The van der Waals surface area contributed by atoms with E-state index in [0.29, 0.717) is 38.6 Å². The van der Waals surface area contributed by atoms with Crippen LogP contribution in [0.15, 0.2) is 36.0 Å². The van der Waals surface area contributed by atoms with Crippen molar-refractivity contribution in [3.05, 3.63) is 36.0 Å². The number of ketones is 2. The van der Waals surface area contributed by atoms with Crippen molar-refractivity contribution in [2.24, 2.45) is 29.6 Å². The maximum atomic E-state index is 14.4. The average molecular weight is 831 g/mol. The third-order valence-electron chi connectivity index (χ3n) is 13.5. The largest absolute Gasteiger partial charge is 0.456 e. The summed E-state index contributed by atoms with van der Waals surface area (Å²) in [6.07, 6.45) is 7.37. The number of allylic oxidation sites excluding steroid dienone is 3. The van der Waals surface area contributed by atoms with Gasteiger partial charge in [0.15, 0.2) is 0 Å². The second-order valence-corrected chi connectivity index (χ2v) is 17.9. The molecule has 3 aliphatic heterocycles. The average Bonchev–Trinajstić information content (AvgIpc) is 3.22. The van der Waals surface area contributed by atoms with Gasteiger partial charge in [-0.3, -0.25) is 14.4 Å². The number of esters is 1. The summed E-state index contributed by atoms with van der Waals surface area (Å²) in [5, 5.41) is 27.3. The number of piperidine rings is 1. The van der Waals surface area contributed by atoms with Crippen LogP contribution in [-0.2, 0) is 42.9 Å². The third-order valence-corrected chi connectivity index (χ3v) is 13.5. The first-order valence-corrected chi connectivity index (χ1v) is 22.0. The fourth-order valence-corrected chi connectivity index (χ4v) is 9.88. The Hall–Kier alpha value is -2.78. The molecule has 0 aromatic heterocycles. The van der Waals surface area contributed by atoms with E-state index in [0.717, 1.165) is 30.4 Å². The normalized spacial score (nSPS) is 40.0. The number of fused-ring (bicyclic) bond motifs is 3. The summed E-state index contributed by atoms with van der Waals surface area (Å²) in [5.74, 6) is -7.27. The van der Waals surface area contributed by atoms with E-state index in [1.807, 2.05) is 32.9 Å². The van der Waals surface area contributed by atoms with Gasteiger partial charge < -0.3 is 44.1 Å². The third kappa shape index (κ3) is 12.0. The Labute approximate surface area is 352 Å². The number of carbonyl (C=O) groups excluding carboxylic acids is 4. The van der Waals surface area contributed by atoms with Gasteiger partial charge in [-0.05, 0) is 95.5 Å². The quantitative estimate of drug-likeness (QED) is 0.157. The summed E-state index contributed by atoms with van der Waals surface area (Å²) in [5.41, 5.74) is 1.73. The number of methoxy groups -OCH3 is 3. The summed E-state index contributed by atoms with van der Waals surface area (Å²) in [6, 6.07) is -0.949. The second-order valence-electron chi connectivity index (χ2n) is 17.9. The van der Waals surface area contributed by atoms with Gasteiger partial charge >= 0.3 is 5.97 Å². The van der Waals surface area contributed by atoms with Crippen molar-refractivity contribution >= 4 is 23.4 Å². The molecule has 0 aromatic carbocycles. The van der Waals surface area contributed by atoms with Gasteiger partial charge in [-0.1, -0.05) is 51.5 Å². The van der Waals surface area contributed by atoms with E-state index < -0.39 is 77.8 Å². The Balaban J connectivity index is 1.75. The van der Waals surface area contributed by atoms with Gasteiger partial charge in [-0.25, -0.2) is 4.79 Å². The van der Waals surface area contributed by atoms with Crippen molar-refractivity contribution in [2.45, 2.75) is 167 Å². The van der Waals surface area contributed by atoms with Crippen molar-refractivity contribution < 1.29 is 53.1 Å². The topological polar surface area (TPSA) is 170 Å². The van der Waals surface area contributed by atoms with E-state index in [-0.39, 0.29) is 55.6 Å². The molecule has 3 N–H and O–H groups in total. The lowest BCUT2D eigenvalue weighted by Crippen LogP contribution is -2.64. The molecular formula is C46H74N2O11. The standard InChI is InChI=1S/C46H74N2O11/c1-11-18-47-34-17-16-32(25-38(34)55-8)23-29(5)41-31(7)36(49)26-37(50)33(12-2)21-27(3)20-28(4)22-39(56-9)42-40(57-10)24-30(6)46(54,59-42)43(51)44(52)48-19-14-13-15-35(48)45(53)58-41/h11,21,23,28,30-36,38-42,47,49,54H,1,12-20,22,24-26H2,2-10H3/b27-21+,29-23?. The van der Waals surface area contributed by atoms with Crippen LogP contribution in [0.2, 0.25) is 0 Å². The predicted octanol–water partition coefficient (Wildman–Crippen LogP) is 5.26. The zero-order valence-electron chi connectivity index (χ0n) is 37.2. The molecule has 2 saturated heterocycles. The Morgan fingerprint density at radius 2 is 1.66 bits per heavy atom. The summed E-state index contributed by atoms with van der Waals surface area (Å²) >= 11 is 0. The predicted molar refractivity (Wildman–Crippen MR) is 224 cm³/mol. The van der Waals surface area contributed by atoms with Gasteiger partial charge in [0.05, 0.1) is 24.4 Å². The number of carbonyl (C=O) groups is 4. The van der Waals surface area contributed by atoms with Crippen LogP contribution in [0.25, 0.3) is 0 Å². The number of rotatable bonds is 9. The van der Waals surface area contributed by atoms with Crippen molar-refractivity contribution in [1.29, 1.82) is 0 Å². The minimum Gasteiger partial charge on any atom is -0.456 e. The van der Waals surface area contributed by atoms with Crippen LogP contribution in [-0.4, -0.2) is 127 Å². The molecule has 0 spiro atoms. The molecule has 3 heterocycles. The summed E-state index contributed by atoms with van der Waals surface area (Å²) in [7, 11) is 4.78. The molecule has 13 nitrogen and oxygen atoms in total. The molecule has 1 amide bonds. The van der Waals surface area contributed by atoms with Crippen molar-refractivity contribution in [3.8, 4) is 0 Å². The first kappa shape index (κ1) is 48.9. The highest BCUT2D eigenvalue weighted by Crippen LogP contribution is 2.39. The van der Waals surface area contributed by atoms with Gasteiger partial charge in [-0.2, -0.15) is 0 Å². The van der Waals surface area contributed by atoms with Gasteiger partial charge in [0.25, 0.3) is 11.7 Å². The van der Waals surface area contributed by atoms with E-state index in [9.17, 15) is 29.4 Å². The monoisotopic (exact) mass is 831 g/mol. The SMILES string of the molecule is C=CCNC1CCC(C=C(C)C2OC(=O)C3CCCCN3C(=O)C(=O)C3(O)OC(C(OC)CC(C)C/C(C)=C/C(CC)C(=O)CC(O)C2C)C(OC)CC3C)CC1OC. The van der Waals surface area contributed by atoms with Gasteiger partial charge in [0, 0.05) is 64.6 Å². The highest BCUT2D eigenvalue weighted by atomic mass is 16.7. The smallest absolute Gasteiger partial charge is 0.329 e. The molecule has 4 aliphatic rings. The highest BCUT2D eigenvalue weighted by molar-refractivity contribution is 6.39. The van der Waals surface area contributed by atoms with Crippen LogP contribution in [0.3, 0.4) is 0 Å². The number of hydrogen-bond acceptors (Lipinski definition) is 12. The number of nitrogens with zero attached hydrogens (tertiary/aromatic N) is 1. The number of aliphatic hydroxyl groups excluding tert-OH is 1. The minimum atomic E-state index is -2.49. The van der Waals surface area contributed by atoms with E-state index >= 15 is 0 Å². The first-order valence-electron chi connectivity index (χ1n) is 22.0. The van der Waals surface area contributed by atoms with E-state index in [4.69, 9.17) is 23.7 Å². The zero-order valence-corrected chi connectivity index (χ0v) is 37.2. The van der Waals surface area contributed by atoms with Crippen molar-refractivity contribution in [2.75, 3.05) is 34.4 Å². The molecule has 1 aliphatic carbocycles. The maximum absolute atomic E-state index is 14.4. The lowest BCUT2D eigenvalue weighted by atomic mass is 9.81. The fourth-order valence-electron chi connectivity index (χ4n) is 9.88. The number of aliphatic hydroxyl groups is 2. The van der Waals surface area contributed by atoms with Gasteiger partial charge in [-0.15, -0.1) is 6.58 Å². The molecule has 3 fully saturated rings. The van der Waals surface area contributed by atoms with E-state index in [1.54, 1.807) is 28.1 Å². The second kappa shape index (κ2) is 22.4. The summed E-state index contributed by atoms with van der Waals surface area (Å²) < 4.78 is 30.2. The van der Waals surface area contributed by atoms with Crippen molar-refractivity contribution in [3.63, 3.8) is 0 Å². The summed E-state index contributed by atoms with van der Waals surface area (Å²) in [6.45, 7) is 15.9. The van der Waals surface area contributed by atoms with Crippen LogP contribution in [0.5, 0.6) is 0 Å². The van der Waals surface area contributed by atoms with Gasteiger partial charge in [0.2, 0.25) is 5.79 Å². The molecule has 2 bridgehead atoms. The number of Topliss-reactive ketones (excluding diaryl/α,β-unsaturated/α-hetero) is 2. The molecule has 13 heteroatoms. The molecule has 59 heavy (non-hydrogen) atoms. The Morgan fingerprint density at radius 1 is 0.983 bits per heavy atom. The number of hydrogen-bond donors (Lipinski definition) is 3. The summed E-state index contributed by atoms with van der Waals surface area (Å²) in [4.78, 5) is 58.0. The number of nitrogens with one attached hydrogen (secondary N) is 1. The van der Waals surface area contributed by atoms with Crippen LogP contribution in [0.4, 0.5) is 0 Å². The van der Waals surface area contributed by atoms with Crippen LogP contribution >= 0.6 is 0 Å². The number of amides is 1. The van der Waals surface area contributed by atoms with E-state index in [2.05, 4.69) is 24.9 Å². The Kier molecular flexibility index (Phi) is 18.5. The minimum absolute atomic E-state index is 0.0415. The first-order chi connectivity index (χ1) is 28.0. The fraction of sp³-hybridized carbons (Fsp3) is 0.783. The lowest BCUT2D eigenvalue weighted by Gasteiger charge is -2.47. The molecule has 14 atom stereocenters. The molecule has 334 valence electrons. The van der Waals surface area contributed by atoms with Crippen LogP contribution in [0, 0.1) is 29.6 Å². The highest BCUT2D eigenvalue weighted by Gasteiger charge is 2.56. The molecule has 0 radical (unpaired) electrons. The molecule has 1 saturated carbocycles. The lowest BCUT2D eigenvalue weighted by molar-refractivity contribution is -0.302. The molecule has 0 aromatic rings. The van der Waals surface area contributed by atoms with Crippen LogP contribution in [0.1, 0.15) is 112 Å². The molecule has 4 rings (SSSR count). The van der Waals surface area contributed by atoms with E-state index in [1.165, 1.54) is 12.0 Å². The zero-order chi connectivity index (χ0) is 43.6. The van der Waals surface area contributed by atoms with Crippen LogP contribution < -0.4 is 5.32 Å². The number of cyclic esters (lactones) is 1. The molecular weight excluding hydrogens is 757 g/mol. The Morgan fingerprint density at radius 3 is 2.31 bits per heavy atom. The maximum Gasteiger partial charge on any atom is 0.329 e. The molecule has 14 unspecified atom stereocenters. The number of ether oxygens (including phenoxy) is 5. The Bertz CT molecular complexity index is 1510.